The van der Waals surface area contributed by atoms with Crippen LogP contribution in [0.3, 0.4) is 0 Å². The first-order chi connectivity index (χ1) is 9.47. The smallest absolute Gasteiger partial charge is 0.445 e. The van der Waals surface area contributed by atoms with Crippen LogP contribution in [-0.4, -0.2) is 15.4 Å². The predicted octanol–water partition coefficient (Wildman–Crippen LogP) is -0.235. The van der Waals surface area contributed by atoms with Gasteiger partial charge in [0.2, 0.25) is 0 Å². The normalized spacial score (nSPS) is 11.4. The van der Waals surface area contributed by atoms with Gasteiger partial charge in [0.05, 0.1) is 6.54 Å². The maximum absolute atomic E-state index is 13.0. The van der Waals surface area contributed by atoms with E-state index in [0.29, 0.717) is 0 Å². The minimum Gasteiger partial charge on any atom is -0.445 e. The molecular formula is C9H9BF4KN3O3S. The third-order valence-electron chi connectivity index (χ3n) is 2.77. The summed E-state index contributed by atoms with van der Waals surface area (Å²) in [5, 5.41) is 3.11. The zero-order valence-electron chi connectivity index (χ0n) is 11.8. The second kappa shape index (κ2) is 8.00. The Kier molecular flexibility index (Phi) is 7.89. The topological polar surface area (TPSA) is 92.1 Å². The van der Waals surface area contributed by atoms with E-state index in [0.717, 1.165) is 13.0 Å². The zero-order chi connectivity index (χ0) is 16.4. The molecule has 13 heteroatoms. The maximum atomic E-state index is 13.0. The molecule has 0 amide bonds. The van der Waals surface area contributed by atoms with Crippen molar-refractivity contribution in [3.8, 4) is 5.75 Å². The molecule has 0 N–H and O–H groups in total. The molecule has 0 atom stereocenters. The maximum Gasteiger partial charge on any atom is 1.00 e. The summed E-state index contributed by atoms with van der Waals surface area (Å²) in [7, 11) is -5.49. The zero-order valence-corrected chi connectivity index (χ0v) is 15.8. The molecule has 0 unspecified atom stereocenters. The molecule has 1 aromatic rings. The van der Waals surface area contributed by atoms with Gasteiger partial charge >= 0.3 is 68.9 Å². The number of rotatable bonds is 5. The molecule has 0 saturated carbocycles. The van der Waals surface area contributed by atoms with E-state index in [2.05, 4.69) is 14.2 Å². The van der Waals surface area contributed by atoms with Crippen molar-refractivity contribution in [2.45, 2.75) is 20.4 Å². The van der Waals surface area contributed by atoms with E-state index in [1.165, 1.54) is 6.92 Å². The van der Waals surface area contributed by atoms with Crippen LogP contribution in [0.4, 0.5) is 16.8 Å². The summed E-state index contributed by atoms with van der Waals surface area (Å²) in [4.78, 5) is 2.41. The number of halogens is 4. The molecule has 22 heavy (non-hydrogen) atoms. The Labute approximate surface area is 166 Å². The van der Waals surface area contributed by atoms with Crippen molar-refractivity contribution in [3.63, 3.8) is 0 Å². The van der Waals surface area contributed by atoms with Gasteiger partial charge in [-0.15, -0.1) is 5.46 Å². The van der Waals surface area contributed by atoms with Crippen LogP contribution in [0, 0.1) is 13.8 Å². The van der Waals surface area contributed by atoms with Crippen LogP contribution in [-0.2, 0) is 17.0 Å². The largest absolute Gasteiger partial charge is 1.00 e. The summed E-state index contributed by atoms with van der Waals surface area (Å²) in [5.41, 5.74) is 6.37. The number of hydrogen-bond donors (Lipinski definition) is 0. The van der Waals surface area contributed by atoms with E-state index in [4.69, 9.17) is 5.53 Å². The summed E-state index contributed by atoms with van der Waals surface area (Å²) >= 11 is 0. The van der Waals surface area contributed by atoms with Crippen LogP contribution in [0.2, 0.25) is 0 Å². The molecule has 0 radical (unpaired) electrons. The van der Waals surface area contributed by atoms with Gasteiger partial charge in [0.15, 0.2) is 0 Å². The van der Waals surface area contributed by atoms with Gasteiger partial charge in [-0.3, -0.25) is 0 Å². The Balaban J connectivity index is 0.00000441. The molecule has 1 aromatic carbocycles. The van der Waals surface area contributed by atoms with Gasteiger partial charge in [-0.1, -0.05) is 15.1 Å². The van der Waals surface area contributed by atoms with Gasteiger partial charge in [0.25, 0.3) is 0 Å². The fourth-order valence-corrected chi connectivity index (χ4v) is 2.25. The minimum absolute atomic E-state index is 0. The Hall–Kier alpha value is -0.299. The predicted molar refractivity (Wildman–Crippen MR) is 68.1 cm³/mol. The van der Waals surface area contributed by atoms with Crippen LogP contribution in [0.5, 0.6) is 5.75 Å². The number of azide groups is 1. The van der Waals surface area contributed by atoms with Crippen LogP contribution in [0.15, 0.2) is 11.2 Å². The second-order valence-corrected chi connectivity index (χ2v) is 5.10. The summed E-state index contributed by atoms with van der Waals surface area (Å²) in [6, 6.07) is 0.733. The average molecular weight is 365 g/mol. The molecule has 0 bridgehead atoms. The molecule has 116 valence electrons. The molecule has 6 nitrogen and oxygen atoms in total. The Bertz CT molecular complexity index is 720. The summed E-state index contributed by atoms with van der Waals surface area (Å²) < 4.78 is 76.6. The first kappa shape index (κ1) is 21.7. The van der Waals surface area contributed by atoms with Crippen molar-refractivity contribution in [2.24, 2.45) is 5.11 Å². The molecule has 0 spiro atoms. The van der Waals surface area contributed by atoms with E-state index in [-0.39, 0.29) is 62.5 Å². The monoisotopic (exact) mass is 365 g/mol. The van der Waals surface area contributed by atoms with Crippen LogP contribution in [0.1, 0.15) is 16.7 Å². The van der Waals surface area contributed by atoms with Crippen molar-refractivity contribution in [2.75, 3.05) is 0 Å². The fraction of sp³-hybridized carbons (Fsp3) is 0.333. The SMILES string of the molecule is Cc1c(CN=[N+]=[N-])cc([B-](F)(F)F)c(C)c1OS(=O)(=O)F.[K+]. The van der Waals surface area contributed by atoms with Crippen molar-refractivity contribution in [1.82, 2.24) is 0 Å². The van der Waals surface area contributed by atoms with Crippen molar-refractivity contribution >= 4 is 22.9 Å². The standard InChI is InChI=1S/C9H9BF4N3O3S.K/c1-5-7(4-16-17-15)3-8(10(11,12)13)6(2)9(5)20-21(14,18)19;/h3H,4H2,1-2H3;/q-1;+1. The Morgan fingerprint density at radius 3 is 2.27 bits per heavy atom. The third kappa shape index (κ3) is 5.72. The van der Waals surface area contributed by atoms with E-state index >= 15 is 0 Å². The Morgan fingerprint density at radius 1 is 1.32 bits per heavy atom. The molecular weight excluding hydrogens is 356 g/mol. The van der Waals surface area contributed by atoms with Crippen molar-refractivity contribution in [3.05, 3.63) is 33.2 Å². The van der Waals surface area contributed by atoms with Crippen LogP contribution < -0.4 is 61.0 Å². The second-order valence-electron chi connectivity index (χ2n) is 4.14. The average Bonchev–Trinajstić information content (AvgIpc) is 2.31. The molecule has 0 heterocycles. The van der Waals surface area contributed by atoms with Gasteiger partial charge in [-0.25, -0.2) is 0 Å². The molecule has 0 aliphatic heterocycles. The number of nitrogens with zero attached hydrogens (tertiary/aromatic N) is 3. The molecule has 0 aromatic heterocycles. The molecule has 0 fully saturated rings. The number of hydrogen-bond acceptors (Lipinski definition) is 4. The fourth-order valence-electron chi connectivity index (χ4n) is 1.80. The minimum atomic E-state index is -5.49. The molecule has 1 rings (SSSR count). The van der Waals surface area contributed by atoms with Crippen LogP contribution in [0.25, 0.3) is 10.4 Å². The molecule has 0 aliphatic rings. The van der Waals surface area contributed by atoms with E-state index in [9.17, 15) is 25.3 Å². The summed E-state index contributed by atoms with van der Waals surface area (Å²) in [5.74, 6) is -0.752. The van der Waals surface area contributed by atoms with Gasteiger partial charge in [-0.2, -0.15) is 8.42 Å². The summed E-state index contributed by atoms with van der Waals surface area (Å²) in [6.07, 6.45) is 0. The van der Waals surface area contributed by atoms with Gasteiger partial charge in [-0.05, 0) is 36.1 Å². The van der Waals surface area contributed by atoms with E-state index in [1.54, 1.807) is 0 Å². The molecule has 0 aliphatic carbocycles. The third-order valence-corrected chi connectivity index (χ3v) is 3.13. The number of benzene rings is 1. The first-order valence-electron chi connectivity index (χ1n) is 5.45. The first-order valence-corrected chi connectivity index (χ1v) is 6.76. The van der Waals surface area contributed by atoms with E-state index in [1.807, 2.05) is 0 Å². The quantitative estimate of drug-likeness (QED) is 0.180. The summed E-state index contributed by atoms with van der Waals surface area (Å²) in [6.45, 7) is -3.73. The molecule has 0 saturated heterocycles. The Morgan fingerprint density at radius 2 is 1.86 bits per heavy atom. The van der Waals surface area contributed by atoms with Gasteiger partial charge in [0.1, 0.15) is 5.75 Å². The van der Waals surface area contributed by atoms with Crippen LogP contribution >= 0.6 is 0 Å². The van der Waals surface area contributed by atoms with Crippen molar-refractivity contribution in [1.29, 1.82) is 0 Å². The van der Waals surface area contributed by atoms with E-state index < -0.39 is 40.8 Å². The van der Waals surface area contributed by atoms with Gasteiger partial charge in [0, 0.05) is 4.91 Å². The van der Waals surface area contributed by atoms with Crippen molar-refractivity contribution < 1.29 is 80.8 Å². The van der Waals surface area contributed by atoms with Gasteiger partial charge < -0.3 is 17.1 Å².